The minimum Gasteiger partial charge on any atom is -0.491 e. The molecule has 202 valence electrons. The average molecular weight is 531 g/mol. The number of rotatable bonds is 5. The summed E-state index contributed by atoms with van der Waals surface area (Å²) in [7, 11) is 3.47. The monoisotopic (exact) mass is 530 g/mol. The first kappa shape index (κ1) is 27.5. The molecular formula is C27H38N4O5S. The largest absolute Gasteiger partial charge is 0.491 e. The smallest absolute Gasteiger partial charge is 0.257 e. The lowest BCUT2D eigenvalue weighted by molar-refractivity contribution is -0.122. The Morgan fingerprint density at radius 1 is 1.24 bits per heavy atom. The summed E-state index contributed by atoms with van der Waals surface area (Å²) < 4.78 is 17.5. The Morgan fingerprint density at radius 3 is 2.73 bits per heavy atom. The van der Waals surface area contributed by atoms with E-state index in [9.17, 15) is 9.59 Å². The second-order valence-corrected chi connectivity index (χ2v) is 11.0. The van der Waals surface area contributed by atoms with Crippen LogP contribution in [0.4, 0.5) is 5.69 Å². The molecule has 0 radical (unpaired) electrons. The van der Waals surface area contributed by atoms with Gasteiger partial charge in [-0.05, 0) is 43.9 Å². The van der Waals surface area contributed by atoms with Crippen LogP contribution in [-0.4, -0.2) is 85.8 Å². The van der Waals surface area contributed by atoms with Gasteiger partial charge in [-0.1, -0.05) is 6.92 Å². The molecule has 3 heterocycles. The minimum atomic E-state index is -0.167. The second kappa shape index (κ2) is 12.8. The fourth-order valence-corrected chi connectivity index (χ4v) is 5.50. The molecule has 0 saturated carbocycles. The third-order valence-corrected chi connectivity index (χ3v) is 8.02. The maximum Gasteiger partial charge on any atom is 0.257 e. The van der Waals surface area contributed by atoms with E-state index in [1.165, 1.54) is 0 Å². The van der Waals surface area contributed by atoms with Crippen LogP contribution in [0, 0.1) is 11.8 Å². The van der Waals surface area contributed by atoms with Gasteiger partial charge in [-0.25, -0.2) is 4.98 Å². The Morgan fingerprint density at radius 2 is 2.03 bits per heavy atom. The van der Waals surface area contributed by atoms with Crippen molar-refractivity contribution in [3.8, 4) is 5.75 Å². The molecule has 2 amide bonds. The van der Waals surface area contributed by atoms with Crippen LogP contribution in [0.25, 0.3) is 0 Å². The standard InChI is InChI=1S/C27H38N4O5S/c1-18-14-31(16-25-28-9-12-37-25)19(2)17-36-23-6-5-21(29-26(32)20-7-10-35-11-8-20)13-22(23)27(33)30(3)15-24(18)34-4/h5-6,9,12-13,18-20,24H,7-8,10-11,14-17H2,1-4H3,(H,29,32)/t18-,19-,24+/m0/s1. The highest BCUT2D eigenvalue weighted by Crippen LogP contribution is 2.28. The lowest BCUT2D eigenvalue weighted by Crippen LogP contribution is -2.46. The van der Waals surface area contributed by atoms with Crippen LogP contribution in [0.1, 0.15) is 42.1 Å². The Labute approximate surface area is 223 Å². The molecule has 4 rings (SSSR count). The van der Waals surface area contributed by atoms with E-state index in [0.717, 1.165) is 18.1 Å². The van der Waals surface area contributed by atoms with Crippen LogP contribution in [-0.2, 0) is 20.8 Å². The van der Waals surface area contributed by atoms with Gasteiger partial charge < -0.3 is 24.4 Å². The molecule has 10 heteroatoms. The molecule has 9 nitrogen and oxygen atoms in total. The molecule has 2 aliphatic rings. The number of nitrogens with zero attached hydrogens (tertiary/aromatic N) is 3. The Hall–Kier alpha value is -2.53. The highest BCUT2D eigenvalue weighted by molar-refractivity contribution is 7.09. The number of benzene rings is 1. The number of fused-ring (bicyclic) bond motifs is 1. The fourth-order valence-electron chi connectivity index (χ4n) is 4.86. The van der Waals surface area contributed by atoms with E-state index in [-0.39, 0.29) is 35.8 Å². The summed E-state index contributed by atoms with van der Waals surface area (Å²) in [4.78, 5) is 34.9. The maximum atomic E-state index is 13.6. The molecule has 0 bridgehead atoms. The lowest BCUT2D eigenvalue weighted by atomic mass is 9.99. The van der Waals surface area contributed by atoms with Crippen molar-refractivity contribution in [2.75, 3.05) is 52.4 Å². The van der Waals surface area contributed by atoms with E-state index < -0.39 is 0 Å². The SMILES string of the molecule is CO[C@@H]1CN(C)C(=O)c2cc(NC(=O)C3CCOCC3)ccc2OC[C@H](C)N(Cc2nccs2)C[C@@H]1C. The van der Waals surface area contributed by atoms with E-state index >= 15 is 0 Å². The predicted octanol–water partition coefficient (Wildman–Crippen LogP) is 3.51. The van der Waals surface area contributed by atoms with Gasteiger partial charge >= 0.3 is 0 Å². The number of hydrogen-bond acceptors (Lipinski definition) is 8. The zero-order valence-corrected chi connectivity index (χ0v) is 23.0. The number of carbonyl (C=O) groups is 2. The topological polar surface area (TPSA) is 93.2 Å². The Balaban J connectivity index is 1.59. The van der Waals surface area contributed by atoms with E-state index in [1.54, 1.807) is 48.6 Å². The maximum absolute atomic E-state index is 13.6. The number of amides is 2. The number of thiazole rings is 1. The van der Waals surface area contributed by atoms with Gasteiger partial charge in [0.2, 0.25) is 5.91 Å². The molecule has 1 saturated heterocycles. The molecule has 1 fully saturated rings. The van der Waals surface area contributed by atoms with Gasteiger partial charge in [-0.3, -0.25) is 14.5 Å². The van der Waals surface area contributed by atoms with Gasteiger partial charge in [0.15, 0.2) is 0 Å². The quantitative estimate of drug-likeness (QED) is 0.632. The number of nitrogens with one attached hydrogen (secondary N) is 1. The summed E-state index contributed by atoms with van der Waals surface area (Å²) >= 11 is 1.64. The van der Waals surface area contributed by atoms with Crippen LogP contribution in [0.15, 0.2) is 29.8 Å². The van der Waals surface area contributed by atoms with Crippen molar-refractivity contribution < 1.29 is 23.8 Å². The van der Waals surface area contributed by atoms with Crippen molar-refractivity contribution in [2.24, 2.45) is 11.8 Å². The van der Waals surface area contributed by atoms with Crippen LogP contribution < -0.4 is 10.1 Å². The number of likely N-dealkylation sites (N-methyl/N-ethyl adjacent to an activating group) is 1. The van der Waals surface area contributed by atoms with Gasteiger partial charge in [0, 0.05) is 69.7 Å². The summed E-state index contributed by atoms with van der Waals surface area (Å²) in [6.45, 7) is 7.83. The van der Waals surface area contributed by atoms with Gasteiger partial charge in [-0.15, -0.1) is 11.3 Å². The second-order valence-electron chi connectivity index (χ2n) is 10.0. The first-order valence-electron chi connectivity index (χ1n) is 12.9. The molecule has 0 unspecified atom stereocenters. The van der Waals surface area contributed by atoms with Crippen LogP contribution in [0.5, 0.6) is 5.75 Å². The van der Waals surface area contributed by atoms with Crippen LogP contribution in [0.3, 0.4) is 0 Å². The number of ether oxygens (including phenoxy) is 3. The first-order chi connectivity index (χ1) is 17.9. The molecule has 1 aromatic carbocycles. The molecule has 1 aromatic heterocycles. The molecule has 1 N–H and O–H groups in total. The summed E-state index contributed by atoms with van der Waals surface area (Å²) in [5, 5.41) is 6.03. The Kier molecular flexibility index (Phi) is 9.53. The summed E-state index contributed by atoms with van der Waals surface area (Å²) in [5.74, 6) is 0.381. The highest BCUT2D eigenvalue weighted by atomic mass is 32.1. The normalized spacial score (nSPS) is 24.5. The van der Waals surface area contributed by atoms with Crippen molar-refractivity contribution in [3.05, 3.63) is 40.3 Å². The van der Waals surface area contributed by atoms with Gasteiger partial charge in [0.25, 0.3) is 5.91 Å². The number of anilines is 1. The molecule has 2 aromatic rings. The first-order valence-corrected chi connectivity index (χ1v) is 13.8. The third-order valence-electron chi connectivity index (χ3n) is 7.26. The van der Waals surface area contributed by atoms with Crippen molar-refractivity contribution in [1.82, 2.24) is 14.8 Å². The molecule has 2 aliphatic heterocycles. The fraction of sp³-hybridized carbons (Fsp3) is 0.593. The molecule has 3 atom stereocenters. The number of carbonyl (C=O) groups excluding carboxylic acids is 2. The summed E-state index contributed by atoms with van der Waals surface area (Å²) in [5.41, 5.74) is 1.01. The lowest BCUT2D eigenvalue weighted by Gasteiger charge is -2.35. The van der Waals surface area contributed by atoms with Crippen molar-refractivity contribution >= 4 is 28.8 Å². The Bertz CT molecular complexity index is 1040. The van der Waals surface area contributed by atoms with Gasteiger partial charge in [0.05, 0.1) is 18.2 Å². The number of methoxy groups -OCH3 is 1. The average Bonchev–Trinajstić information content (AvgIpc) is 3.42. The molecular weight excluding hydrogens is 492 g/mol. The van der Waals surface area contributed by atoms with E-state index in [0.29, 0.717) is 56.2 Å². The molecule has 0 aliphatic carbocycles. The van der Waals surface area contributed by atoms with Gasteiger partial charge in [-0.2, -0.15) is 0 Å². The zero-order chi connectivity index (χ0) is 26.4. The van der Waals surface area contributed by atoms with Crippen LogP contribution in [0.2, 0.25) is 0 Å². The van der Waals surface area contributed by atoms with E-state index in [4.69, 9.17) is 14.2 Å². The van der Waals surface area contributed by atoms with Crippen LogP contribution >= 0.6 is 11.3 Å². The number of hydrogen-bond donors (Lipinski definition) is 1. The van der Waals surface area contributed by atoms with Gasteiger partial charge in [0.1, 0.15) is 17.4 Å². The van der Waals surface area contributed by atoms with Crippen molar-refractivity contribution in [3.63, 3.8) is 0 Å². The minimum absolute atomic E-state index is 0.0437. The summed E-state index contributed by atoms with van der Waals surface area (Å²) in [6, 6.07) is 5.38. The third kappa shape index (κ3) is 7.07. The predicted molar refractivity (Wildman–Crippen MR) is 143 cm³/mol. The molecule has 37 heavy (non-hydrogen) atoms. The van der Waals surface area contributed by atoms with E-state index in [2.05, 4.69) is 29.0 Å². The van der Waals surface area contributed by atoms with Crippen molar-refractivity contribution in [1.29, 1.82) is 0 Å². The van der Waals surface area contributed by atoms with Crippen molar-refractivity contribution in [2.45, 2.75) is 45.4 Å². The zero-order valence-electron chi connectivity index (χ0n) is 22.1. The molecule has 0 spiro atoms. The number of aromatic nitrogens is 1. The van der Waals surface area contributed by atoms with E-state index in [1.807, 2.05) is 11.6 Å². The summed E-state index contributed by atoms with van der Waals surface area (Å²) in [6.07, 6.45) is 3.09. The highest BCUT2D eigenvalue weighted by Gasteiger charge is 2.29.